The minimum absolute atomic E-state index is 0.593. The molecule has 2 rings (SSSR count). The molecule has 0 saturated heterocycles. The number of halogens is 2. The number of benzene rings is 1. The number of nitrogens with zero attached hydrogens (tertiary/aromatic N) is 1. The summed E-state index contributed by atoms with van der Waals surface area (Å²) in [6.45, 7) is 0. The first kappa shape index (κ1) is 10.1. The molecule has 1 aromatic heterocycles. The molecule has 0 aliphatic heterocycles. The average Bonchev–Trinajstić information content (AvgIpc) is 2.54. The van der Waals surface area contributed by atoms with Crippen molar-refractivity contribution in [1.29, 1.82) is 0 Å². The van der Waals surface area contributed by atoms with Crippen molar-refractivity contribution in [3.05, 3.63) is 38.7 Å². The zero-order valence-electron chi connectivity index (χ0n) is 6.83. The zero-order valence-corrected chi connectivity index (χ0v) is 10.8. The van der Waals surface area contributed by atoms with Gasteiger partial charge in [0.2, 0.25) is 0 Å². The van der Waals surface area contributed by atoms with Gasteiger partial charge in [0.25, 0.3) is 5.19 Å². The molecule has 1 aromatic carbocycles. The molecule has 0 bridgehead atoms. The molecule has 0 unspecified atom stereocenters. The van der Waals surface area contributed by atoms with Crippen LogP contribution in [0.2, 0.25) is 0 Å². The first-order valence-electron chi connectivity index (χ1n) is 3.69. The maximum Gasteiger partial charge on any atom is 0.279 e. The summed E-state index contributed by atoms with van der Waals surface area (Å²) in [6, 6.07) is 5.71. The van der Waals surface area contributed by atoms with E-state index >= 15 is 0 Å². The Morgan fingerprint density at radius 1 is 1.21 bits per heavy atom. The third-order valence-electron chi connectivity index (χ3n) is 1.41. The van der Waals surface area contributed by atoms with Gasteiger partial charge in [-0.15, -0.1) is 0 Å². The summed E-state index contributed by atoms with van der Waals surface area (Å²) >= 11 is 8.17. The molecule has 0 aliphatic rings. The van der Waals surface area contributed by atoms with Crippen molar-refractivity contribution in [3.8, 4) is 10.9 Å². The van der Waals surface area contributed by atoms with Gasteiger partial charge >= 0.3 is 0 Å². The Morgan fingerprint density at radius 2 is 1.93 bits per heavy atom. The number of hydrogen-bond acceptors (Lipinski definition) is 3. The molecule has 0 saturated carbocycles. The fourth-order valence-electron chi connectivity index (χ4n) is 0.917. The highest BCUT2D eigenvalue weighted by molar-refractivity contribution is 9.11. The Bertz CT molecular complexity index is 410. The largest absolute Gasteiger partial charge is 0.431 e. The molecule has 71 valence electrons. The van der Waals surface area contributed by atoms with Crippen LogP contribution in [0.5, 0.6) is 10.9 Å². The molecule has 1 heterocycles. The van der Waals surface area contributed by atoms with Crippen LogP contribution in [0.4, 0.5) is 0 Å². The number of thiazole rings is 1. The molecule has 0 atom stereocenters. The highest BCUT2D eigenvalue weighted by atomic mass is 79.9. The van der Waals surface area contributed by atoms with Crippen LogP contribution in [-0.2, 0) is 0 Å². The zero-order chi connectivity index (χ0) is 9.97. The van der Waals surface area contributed by atoms with Crippen molar-refractivity contribution in [2.45, 2.75) is 0 Å². The maximum atomic E-state index is 5.50. The van der Waals surface area contributed by atoms with Gasteiger partial charge < -0.3 is 4.74 Å². The number of ether oxygens (including phenoxy) is 1. The van der Waals surface area contributed by atoms with Crippen LogP contribution >= 0.6 is 43.2 Å². The molecule has 0 spiro atoms. The quantitative estimate of drug-likeness (QED) is 0.819. The van der Waals surface area contributed by atoms with Crippen LogP contribution in [0.3, 0.4) is 0 Å². The summed E-state index contributed by atoms with van der Waals surface area (Å²) in [6.07, 6.45) is 2.70. The van der Waals surface area contributed by atoms with Gasteiger partial charge in [-0.2, -0.15) is 0 Å². The van der Waals surface area contributed by atoms with Gasteiger partial charge in [-0.05, 0) is 18.2 Å². The normalized spacial score (nSPS) is 10.1. The smallest absolute Gasteiger partial charge is 0.279 e. The van der Waals surface area contributed by atoms with Crippen LogP contribution < -0.4 is 4.74 Å². The van der Waals surface area contributed by atoms with Crippen LogP contribution in [-0.4, -0.2) is 4.98 Å². The van der Waals surface area contributed by atoms with Crippen LogP contribution in [0, 0.1) is 6.20 Å². The van der Waals surface area contributed by atoms with Gasteiger partial charge in [0, 0.05) is 14.3 Å². The molecular weight excluding hydrogens is 330 g/mol. The Morgan fingerprint density at radius 3 is 2.50 bits per heavy atom. The predicted molar refractivity (Wildman–Crippen MR) is 62.9 cm³/mol. The van der Waals surface area contributed by atoms with E-state index in [1.54, 1.807) is 5.38 Å². The van der Waals surface area contributed by atoms with Gasteiger partial charge in [0.05, 0.1) is 0 Å². The fourth-order valence-corrected chi connectivity index (χ4v) is 2.62. The summed E-state index contributed by atoms with van der Waals surface area (Å²) in [5, 5.41) is 2.34. The molecule has 0 fully saturated rings. The van der Waals surface area contributed by atoms with E-state index in [2.05, 4.69) is 43.0 Å². The molecule has 0 N–H and O–H groups in total. The van der Waals surface area contributed by atoms with E-state index in [-0.39, 0.29) is 0 Å². The van der Waals surface area contributed by atoms with Crippen molar-refractivity contribution in [2.24, 2.45) is 0 Å². The first-order chi connectivity index (χ1) is 6.74. The Labute approximate surface area is 102 Å². The molecular formula is C9H4Br2NOS. The summed E-state index contributed by atoms with van der Waals surface area (Å²) in [4.78, 5) is 3.91. The standard InChI is InChI=1S/C9H4Br2NOS/c10-6-3-7(11)5-8(4-6)13-9-12-1-2-14-9/h2-5H. The van der Waals surface area contributed by atoms with Crippen LogP contribution in [0.1, 0.15) is 0 Å². The van der Waals surface area contributed by atoms with Crippen LogP contribution in [0.15, 0.2) is 32.5 Å². The molecule has 5 heteroatoms. The van der Waals surface area contributed by atoms with E-state index in [1.807, 2.05) is 18.2 Å². The Hall–Kier alpha value is -0.390. The van der Waals surface area contributed by atoms with Crippen molar-refractivity contribution < 1.29 is 4.74 Å². The summed E-state index contributed by atoms with van der Waals surface area (Å²) in [5.41, 5.74) is 0. The lowest BCUT2D eigenvalue weighted by atomic mass is 10.3. The van der Waals surface area contributed by atoms with E-state index in [0.717, 1.165) is 14.7 Å². The van der Waals surface area contributed by atoms with Crippen molar-refractivity contribution in [3.63, 3.8) is 0 Å². The van der Waals surface area contributed by atoms with Gasteiger partial charge in [-0.3, -0.25) is 0 Å². The lowest BCUT2D eigenvalue weighted by Gasteiger charge is -2.02. The lowest BCUT2D eigenvalue weighted by molar-refractivity contribution is 0.478. The molecule has 0 aliphatic carbocycles. The Balaban J connectivity index is 2.25. The van der Waals surface area contributed by atoms with Gasteiger partial charge in [-0.1, -0.05) is 43.2 Å². The van der Waals surface area contributed by atoms with E-state index in [1.165, 1.54) is 11.3 Å². The van der Waals surface area contributed by atoms with Gasteiger partial charge in [0.15, 0.2) is 0 Å². The van der Waals surface area contributed by atoms with E-state index in [4.69, 9.17) is 4.74 Å². The van der Waals surface area contributed by atoms with Gasteiger partial charge in [-0.25, -0.2) is 4.98 Å². The molecule has 2 nitrogen and oxygen atoms in total. The molecule has 0 amide bonds. The third kappa shape index (κ3) is 2.56. The highest BCUT2D eigenvalue weighted by Crippen LogP contribution is 2.29. The maximum absolute atomic E-state index is 5.50. The van der Waals surface area contributed by atoms with Crippen molar-refractivity contribution in [2.75, 3.05) is 0 Å². The third-order valence-corrected chi connectivity index (χ3v) is 2.92. The second-order valence-corrected chi connectivity index (χ2v) is 5.10. The fraction of sp³-hybridized carbons (Fsp3) is 0. The monoisotopic (exact) mass is 332 g/mol. The molecule has 2 aromatic rings. The van der Waals surface area contributed by atoms with E-state index in [0.29, 0.717) is 5.19 Å². The minimum Gasteiger partial charge on any atom is -0.431 e. The lowest BCUT2D eigenvalue weighted by Crippen LogP contribution is -1.82. The predicted octanol–water partition coefficient (Wildman–Crippen LogP) is 4.26. The van der Waals surface area contributed by atoms with Crippen molar-refractivity contribution >= 4 is 43.2 Å². The topological polar surface area (TPSA) is 22.1 Å². The van der Waals surface area contributed by atoms with E-state index in [9.17, 15) is 0 Å². The summed E-state index contributed by atoms with van der Waals surface area (Å²) in [5.74, 6) is 0.745. The SMILES string of the molecule is Brc1cc(Br)cc(Oc2n[c]cs2)c1. The number of rotatable bonds is 2. The second-order valence-electron chi connectivity index (χ2n) is 2.45. The summed E-state index contributed by atoms with van der Waals surface area (Å²) < 4.78 is 7.42. The van der Waals surface area contributed by atoms with Gasteiger partial charge in [0.1, 0.15) is 11.9 Å². The van der Waals surface area contributed by atoms with Crippen LogP contribution in [0.25, 0.3) is 0 Å². The highest BCUT2D eigenvalue weighted by Gasteiger charge is 2.01. The van der Waals surface area contributed by atoms with Crippen molar-refractivity contribution in [1.82, 2.24) is 4.98 Å². The summed E-state index contributed by atoms with van der Waals surface area (Å²) in [7, 11) is 0. The first-order valence-corrected chi connectivity index (χ1v) is 6.16. The second kappa shape index (κ2) is 4.42. The minimum atomic E-state index is 0.593. The Kier molecular flexibility index (Phi) is 3.20. The number of aromatic nitrogens is 1. The molecule has 14 heavy (non-hydrogen) atoms. The van der Waals surface area contributed by atoms with E-state index < -0.39 is 0 Å². The number of hydrogen-bond donors (Lipinski definition) is 0. The molecule has 1 radical (unpaired) electrons. The average molecular weight is 334 g/mol.